The van der Waals surface area contributed by atoms with Crippen LogP contribution in [0.1, 0.15) is 11.6 Å². The van der Waals surface area contributed by atoms with Crippen molar-refractivity contribution in [2.45, 2.75) is 6.04 Å². The monoisotopic (exact) mass is 328 g/mol. The highest BCUT2D eigenvalue weighted by Gasteiger charge is 2.24. The molecule has 0 spiro atoms. The van der Waals surface area contributed by atoms with Crippen molar-refractivity contribution < 1.29 is 0 Å². The Morgan fingerprint density at radius 3 is 2.20 bits per heavy atom. The van der Waals surface area contributed by atoms with Gasteiger partial charge in [-0.3, -0.25) is 4.90 Å². The summed E-state index contributed by atoms with van der Waals surface area (Å²) in [5, 5.41) is 2.63. The zero-order chi connectivity index (χ0) is 17.1. The van der Waals surface area contributed by atoms with Crippen LogP contribution in [0.25, 0.3) is 10.8 Å². The van der Waals surface area contributed by atoms with Gasteiger partial charge < -0.3 is 4.90 Å². The molecule has 2 heteroatoms. The number of anilines is 1. The lowest BCUT2D eigenvalue weighted by atomic mass is 9.97. The molecule has 2 nitrogen and oxygen atoms in total. The second-order valence-electron chi connectivity index (χ2n) is 6.61. The molecule has 1 aliphatic heterocycles. The molecule has 1 aliphatic rings. The Labute approximate surface area is 150 Å². The van der Waals surface area contributed by atoms with E-state index in [1.807, 2.05) is 0 Å². The molecule has 0 radical (unpaired) electrons. The van der Waals surface area contributed by atoms with Gasteiger partial charge >= 0.3 is 0 Å². The lowest BCUT2D eigenvalue weighted by molar-refractivity contribution is 0.219. The molecule has 3 aromatic rings. The molecule has 0 saturated carbocycles. The summed E-state index contributed by atoms with van der Waals surface area (Å²) in [5.41, 5.74) is 2.68. The molecule has 3 aromatic carbocycles. The third kappa shape index (κ3) is 3.18. The number of fused-ring (bicyclic) bond motifs is 1. The van der Waals surface area contributed by atoms with Crippen LogP contribution in [0.2, 0.25) is 0 Å². The van der Waals surface area contributed by atoms with E-state index in [0.717, 1.165) is 26.2 Å². The van der Waals surface area contributed by atoms with Crippen LogP contribution in [-0.2, 0) is 0 Å². The Bertz CT molecular complexity index is 843. The lowest BCUT2D eigenvalue weighted by Crippen LogP contribution is -2.47. The van der Waals surface area contributed by atoms with E-state index in [4.69, 9.17) is 0 Å². The molecule has 0 aromatic heterocycles. The van der Waals surface area contributed by atoms with Gasteiger partial charge in [0.05, 0.1) is 6.04 Å². The van der Waals surface area contributed by atoms with Gasteiger partial charge in [-0.2, -0.15) is 0 Å². The van der Waals surface area contributed by atoms with Crippen molar-refractivity contribution in [3.63, 3.8) is 0 Å². The van der Waals surface area contributed by atoms with Crippen LogP contribution in [0.5, 0.6) is 0 Å². The molecule has 1 atom stereocenters. The molecule has 4 rings (SSSR count). The molecular formula is C23H24N2. The average molecular weight is 328 g/mol. The van der Waals surface area contributed by atoms with E-state index in [2.05, 4.69) is 95.3 Å². The number of hydrogen-bond donors (Lipinski definition) is 0. The van der Waals surface area contributed by atoms with Crippen molar-refractivity contribution in [3.8, 4) is 0 Å². The number of benzene rings is 3. The van der Waals surface area contributed by atoms with Gasteiger partial charge in [-0.25, -0.2) is 0 Å². The van der Waals surface area contributed by atoms with E-state index >= 15 is 0 Å². The van der Waals surface area contributed by atoms with E-state index in [0.29, 0.717) is 0 Å². The van der Waals surface area contributed by atoms with Gasteiger partial charge in [0.15, 0.2) is 0 Å². The largest absolute Gasteiger partial charge is 0.369 e. The highest BCUT2D eigenvalue weighted by atomic mass is 15.3. The number of hydrogen-bond acceptors (Lipinski definition) is 2. The minimum Gasteiger partial charge on any atom is -0.369 e. The molecule has 126 valence electrons. The first-order valence-electron chi connectivity index (χ1n) is 9.01. The molecule has 0 bridgehead atoms. The quantitative estimate of drug-likeness (QED) is 0.629. The Hall–Kier alpha value is -2.58. The minimum atomic E-state index is 0.268. The van der Waals surface area contributed by atoms with Crippen molar-refractivity contribution in [1.82, 2.24) is 4.90 Å². The first kappa shape index (κ1) is 15.9. The fourth-order valence-electron chi connectivity index (χ4n) is 3.88. The summed E-state index contributed by atoms with van der Waals surface area (Å²) >= 11 is 0. The van der Waals surface area contributed by atoms with E-state index in [1.54, 1.807) is 0 Å². The number of piperazine rings is 1. The van der Waals surface area contributed by atoms with Crippen molar-refractivity contribution in [2.24, 2.45) is 0 Å². The predicted octanol–water partition coefficient (Wildman–Crippen LogP) is 4.89. The third-order valence-electron chi connectivity index (χ3n) is 5.19. The fraction of sp³-hybridized carbons (Fsp3) is 0.217. The maximum Gasteiger partial charge on any atom is 0.0536 e. The van der Waals surface area contributed by atoms with Gasteiger partial charge in [0.25, 0.3) is 0 Å². The Balaban J connectivity index is 1.55. The first-order valence-corrected chi connectivity index (χ1v) is 9.01. The molecule has 25 heavy (non-hydrogen) atoms. The van der Waals surface area contributed by atoms with Gasteiger partial charge in [0.2, 0.25) is 0 Å². The number of para-hydroxylation sites is 1. The first-order chi connectivity index (χ1) is 12.4. The SMILES string of the molecule is C=C[C@@H](c1cccc2ccccc12)N1CCN(c2ccccc2)CC1. The smallest absolute Gasteiger partial charge is 0.0536 e. The van der Waals surface area contributed by atoms with Crippen molar-refractivity contribution >= 4 is 16.5 Å². The van der Waals surface area contributed by atoms with E-state index in [-0.39, 0.29) is 6.04 Å². The van der Waals surface area contributed by atoms with E-state index in [9.17, 15) is 0 Å². The van der Waals surface area contributed by atoms with Crippen LogP contribution in [0.3, 0.4) is 0 Å². The lowest BCUT2D eigenvalue weighted by Gasteiger charge is -2.39. The Morgan fingerprint density at radius 2 is 1.44 bits per heavy atom. The average Bonchev–Trinajstić information content (AvgIpc) is 2.70. The standard InChI is InChI=1S/C23H24N2/c1-2-23(22-14-8-10-19-9-6-7-13-21(19)22)25-17-15-24(16-18-25)20-11-4-3-5-12-20/h2-14,23H,1,15-18H2/t23-/m0/s1. The van der Waals surface area contributed by atoms with Crippen LogP contribution in [-0.4, -0.2) is 31.1 Å². The van der Waals surface area contributed by atoms with E-state index < -0.39 is 0 Å². The topological polar surface area (TPSA) is 6.48 Å². The van der Waals surface area contributed by atoms with Crippen molar-refractivity contribution in [1.29, 1.82) is 0 Å². The fourth-order valence-corrected chi connectivity index (χ4v) is 3.88. The summed E-state index contributed by atoms with van der Waals surface area (Å²) in [5.74, 6) is 0. The molecule has 1 saturated heterocycles. The van der Waals surface area contributed by atoms with Crippen LogP contribution in [0.15, 0.2) is 85.5 Å². The summed E-state index contributed by atoms with van der Waals surface area (Å²) in [6.07, 6.45) is 2.10. The summed E-state index contributed by atoms with van der Waals surface area (Å²) < 4.78 is 0. The zero-order valence-electron chi connectivity index (χ0n) is 14.5. The van der Waals surface area contributed by atoms with Gasteiger partial charge in [0.1, 0.15) is 0 Å². The van der Waals surface area contributed by atoms with Gasteiger partial charge in [-0.1, -0.05) is 66.7 Å². The third-order valence-corrected chi connectivity index (χ3v) is 5.19. The van der Waals surface area contributed by atoms with Gasteiger partial charge in [-0.05, 0) is 28.5 Å². The van der Waals surface area contributed by atoms with Crippen LogP contribution in [0.4, 0.5) is 5.69 Å². The molecule has 0 N–H and O–H groups in total. The second-order valence-corrected chi connectivity index (χ2v) is 6.61. The maximum atomic E-state index is 4.14. The molecule has 0 unspecified atom stereocenters. The van der Waals surface area contributed by atoms with Crippen LogP contribution < -0.4 is 4.90 Å². The van der Waals surface area contributed by atoms with Gasteiger partial charge in [-0.15, -0.1) is 6.58 Å². The highest BCUT2D eigenvalue weighted by molar-refractivity contribution is 5.86. The van der Waals surface area contributed by atoms with Crippen LogP contribution >= 0.6 is 0 Å². The van der Waals surface area contributed by atoms with Crippen molar-refractivity contribution in [2.75, 3.05) is 31.1 Å². The maximum absolute atomic E-state index is 4.14. The van der Waals surface area contributed by atoms with Crippen LogP contribution in [0, 0.1) is 0 Å². The minimum absolute atomic E-state index is 0.268. The molecule has 1 heterocycles. The molecular weight excluding hydrogens is 304 g/mol. The van der Waals surface area contributed by atoms with Crippen molar-refractivity contribution in [3.05, 3.63) is 91.0 Å². The highest BCUT2D eigenvalue weighted by Crippen LogP contribution is 2.30. The van der Waals surface area contributed by atoms with E-state index in [1.165, 1.54) is 22.0 Å². The number of rotatable bonds is 4. The summed E-state index contributed by atoms with van der Waals surface area (Å²) in [4.78, 5) is 5.02. The number of nitrogens with zero attached hydrogens (tertiary/aromatic N) is 2. The normalized spacial score (nSPS) is 16.7. The molecule has 0 amide bonds. The van der Waals surface area contributed by atoms with Gasteiger partial charge in [0, 0.05) is 31.9 Å². The predicted molar refractivity (Wildman–Crippen MR) is 107 cm³/mol. The zero-order valence-corrected chi connectivity index (χ0v) is 14.5. The summed E-state index contributed by atoms with van der Waals surface area (Å²) in [6, 6.07) is 26.2. The molecule has 0 aliphatic carbocycles. The molecule has 1 fully saturated rings. The summed E-state index contributed by atoms with van der Waals surface area (Å²) in [6.45, 7) is 8.35. The Morgan fingerprint density at radius 1 is 0.760 bits per heavy atom. The Kier molecular flexibility index (Phi) is 4.53. The summed E-state index contributed by atoms with van der Waals surface area (Å²) in [7, 11) is 0. The second kappa shape index (κ2) is 7.12.